The van der Waals surface area contributed by atoms with Crippen molar-refractivity contribution in [1.82, 2.24) is 29.9 Å². The Morgan fingerprint density at radius 2 is 1.78 bits per heavy atom. The molecule has 3 aromatic heterocycles. The van der Waals surface area contributed by atoms with E-state index in [1.165, 1.54) is 0 Å². The van der Waals surface area contributed by atoms with Crippen molar-refractivity contribution in [3.8, 4) is 22.9 Å². The largest absolute Gasteiger partial charge is 0.392 e. The van der Waals surface area contributed by atoms with Crippen molar-refractivity contribution in [2.24, 2.45) is 0 Å². The van der Waals surface area contributed by atoms with Crippen LogP contribution in [0.5, 0.6) is 0 Å². The summed E-state index contributed by atoms with van der Waals surface area (Å²) in [5, 5.41) is 30.5. The minimum Gasteiger partial charge on any atom is -0.392 e. The number of hydrogen-bond donors (Lipinski definition) is 3. The summed E-state index contributed by atoms with van der Waals surface area (Å²) < 4.78 is 1.76. The van der Waals surface area contributed by atoms with Crippen molar-refractivity contribution in [2.75, 3.05) is 0 Å². The van der Waals surface area contributed by atoms with Crippen LogP contribution in [0.3, 0.4) is 0 Å². The van der Waals surface area contributed by atoms with Crippen LogP contribution in [-0.4, -0.2) is 40.2 Å². The number of nitrogens with zero attached hydrogens (tertiary/aromatic N) is 5. The van der Waals surface area contributed by atoms with Gasteiger partial charge in [-0.05, 0) is 41.5 Å². The lowest BCUT2D eigenvalue weighted by Gasteiger charge is -2.09. The van der Waals surface area contributed by atoms with Gasteiger partial charge in [-0.25, -0.2) is 9.67 Å². The molecule has 0 aliphatic carbocycles. The molecule has 0 amide bonds. The minimum absolute atomic E-state index is 0.122. The Hall–Kier alpha value is -3.36. The Kier molecular flexibility index (Phi) is 4.73. The highest BCUT2D eigenvalue weighted by molar-refractivity contribution is 5.61. The molecule has 0 spiro atoms. The van der Waals surface area contributed by atoms with E-state index in [1.807, 2.05) is 30.3 Å². The highest BCUT2D eigenvalue weighted by atomic mass is 16.3. The summed E-state index contributed by atoms with van der Waals surface area (Å²) in [6, 6.07) is 12.9. The lowest BCUT2D eigenvalue weighted by molar-refractivity contribution is 0.275. The molecule has 27 heavy (non-hydrogen) atoms. The number of H-pyrrole nitrogens is 1. The van der Waals surface area contributed by atoms with E-state index in [0.717, 1.165) is 11.3 Å². The molecule has 0 aliphatic heterocycles. The van der Waals surface area contributed by atoms with Gasteiger partial charge in [0, 0.05) is 18.0 Å². The lowest BCUT2D eigenvalue weighted by Crippen LogP contribution is -2.06. The number of pyridine rings is 1. The zero-order valence-electron chi connectivity index (χ0n) is 14.4. The Bertz CT molecular complexity index is 1010. The summed E-state index contributed by atoms with van der Waals surface area (Å²) in [5.74, 6) is 1.13. The molecule has 0 saturated carbocycles. The maximum Gasteiger partial charge on any atom is 0.199 e. The second-order valence-electron chi connectivity index (χ2n) is 6.06. The van der Waals surface area contributed by atoms with Gasteiger partial charge in [0.05, 0.1) is 25.5 Å². The predicted octanol–water partition coefficient (Wildman–Crippen LogP) is 1.76. The zero-order valence-corrected chi connectivity index (χ0v) is 14.4. The number of aromatic amines is 1. The number of nitrogens with one attached hydrogen (secondary N) is 1. The van der Waals surface area contributed by atoms with E-state index in [0.29, 0.717) is 35.0 Å². The smallest absolute Gasteiger partial charge is 0.199 e. The monoisotopic (exact) mass is 362 g/mol. The third-order valence-electron chi connectivity index (χ3n) is 4.13. The SMILES string of the molecule is OCc1cc(CO)cc(-c2nc(-c3ccn[nH]3)nn2Cc2ccccn2)c1. The molecule has 3 N–H and O–H groups in total. The summed E-state index contributed by atoms with van der Waals surface area (Å²) in [6.07, 6.45) is 3.38. The molecular formula is C19H18N6O2. The third kappa shape index (κ3) is 3.62. The fourth-order valence-corrected chi connectivity index (χ4v) is 2.88. The van der Waals surface area contributed by atoms with Crippen molar-refractivity contribution in [3.63, 3.8) is 0 Å². The van der Waals surface area contributed by atoms with E-state index in [4.69, 9.17) is 0 Å². The molecule has 0 saturated heterocycles. The van der Waals surface area contributed by atoms with Crippen molar-refractivity contribution >= 4 is 0 Å². The second kappa shape index (κ2) is 7.48. The predicted molar refractivity (Wildman–Crippen MR) is 98.2 cm³/mol. The second-order valence-corrected chi connectivity index (χ2v) is 6.06. The standard InChI is InChI=1S/C19H18N6O2/c26-11-13-7-14(12-27)9-15(8-13)19-22-18(17-4-6-21-23-17)24-25(19)10-16-3-1-2-5-20-16/h1-9,26-27H,10-12H2,(H,21,23). The van der Waals surface area contributed by atoms with E-state index >= 15 is 0 Å². The fraction of sp³-hybridized carbons (Fsp3) is 0.158. The Morgan fingerprint density at radius 1 is 0.963 bits per heavy atom. The fourth-order valence-electron chi connectivity index (χ4n) is 2.88. The summed E-state index contributed by atoms with van der Waals surface area (Å²) in [6.45, 7) is 0.195. The number of rotatable bonds is 6. The van der Waals surface area contributed by atoms with Crippen LogP contribution < -0.4 is 0 Å². The van der Waals surface area contributed by atoms with Crippen LogP contribution in [0, 0.1) is 0 Å². The Labute approximate surface area is 155 Å². The molecule has 0 atom stereocenters. The van der Waals surface area contributed by atoms with Crippen LogP contribution in [0.1, 0.15) is 16.8 Å². The van der Waals surface area contributed by atoms with Gasteiger partial charge in [-0.1, -0.05) is 12.1 Å². The van der Waals surface area contributed by atoms with Gasteiger partial charge in [0.2, 0.25) is 0 Å². The van der Waals surface area contributed by atoms with Crippen LogP contribution in [0.2, 0.25) is 0 Å². The maximum atomic E-state index is 9.54. The Balaban J connectivity index is 1.83. The quantitative estimate of drug-likeness (QED) is 0.482. The maximum absolute atomic E-state index is 9.54. The molecule has 0 bridgehead atoms. The molecule has 3 heterocycles. The first-order valence-corrected chi connectivity index (χ1v) is 8.46. The van der Waals surface area contributed by atoms with Crippen LogP contribution in [0.25, 0.3) is 22.9 Å². The topological polar surface area (TPSA) is 113 Å². The molecule has 8 nitrogen and oxygen atoms in total. The van der Waals surface area contributed by atoms with E-state index in [9.17, 15) is 10.2 Å². The van der Waals surface area contributed by atoms with Gasteiger partial charge >= 0.3 is 0 Å². The van der Waals surface area contributed by atoms with Gasteiger partial charge in [-0.2, -0.15) is 5.10 Å². The van der Waals surface area contributed by atoms with Gasteiger partial charge in [0.1, 0.15) is 5.69 Å². The van der Waals surface area contributed by atoms with Crippen molar-refractivity contribution in [3.05, 3.63) is 71.7 Å². The summed E-state index contributed by atoms with van der Waals surface area (Å²) in [5.41, 5.74) is 3.72. The first kappa shape index (κ1) is 17.1. The molecule has 0 fully saturated rings. The highest BCUT2D eigenvalue weighted by Crippen LogP contribution is 2.25. The van der Waals surface area contributed by atoms with Crippen LogP contribution in [-0.2, 0) is 19.8 Å². The van der Waals surface area contributed by atoms with Gasteiger partial charge in [-0.15, -0.1) is 5.10 Å². The number of hydrogen-bond acceptors (Lipinski definition) is 6. The Morgan fingerprint density at radius 3 is 2.41 bits per heavy atom. The molecule has 4 aromatic rings. The first-order chi connectivity index (χ1) is 13.3. The average molecular weight is 362 g/mol. The van der Waals surface area contributed by atoms with Gasteiger partial charge in [-0.3, -0.25) is 10.1 Å². The molecule has 0 unspecified atom stereocenters. The highest BCUT2D eigenvalue weighted by Gasteiger charge is 2.16. The normalized spacial score (nSPS) is 11.0. The third-order valence-corrected chi connectivity index (χ3v) is 4.13. The number of aromatic nitrogens is 6. The molecular weight excluding hydrogens is 344 g/mol. The number of benzene rings is 1. The van der Waals surface area contributed by atoms with E-state index in [1.54, 1.807) is 29.2 Å². The lowest BCUT2D eigenvalue weighted by atomic mass is 10.1. The summed E-state index contributed by atoms with van der Waals surface area (Å²) >= 11 is 0. The number of aliphatic hydroxyl groups excluding tert-OH is 2. The van der Waals surface area contributed by atoms with Crippen LogP contribution >= 0.6 is 0 Å². The van der Waals surface area contributed by atoms with E-state index < -0.39 is 0 Å². The van der Waals surface area contributed by atoms with Gasteiger partial charge in [0.25, 0.3) is 0 Å². The minimum atomic E-state index is -0.122. The molecule has 0 aliphatic rings. The molecule has 1 aromatic carbocycles. The summed E-state index contributed by atoms with van der Waals surface area (Å²) in [4.78, 5) is 9.02. The van der Waals surface area contributed by atoms with Gasteiger partial charge < -0.3 is 10.2 Å². The molecule has 136 valence electrons. The van der Waals surface area contributed by atoms with E-state index in [-0.39, 0.29) is 13.2 Å². The average Bonchev–Trinajstić information content (AvgIpc) is 3.38. The molecule has 8 heteroatoms. The van der Waals surface area contributed by atoms with Gasteiger partial charge in [0.15, 0.2) is 11.6 Å². The van der Waals surface area contributed by atoms with Crippen molar-refractivity contribution in [1.29, 1.82) is 0 Å². The van der Waals surface area contributed by atoms with Crippen LogP contribution in [0.4, 0.5) is 0 Å². The summed E-state index contributed by atoms with van der Waals surface area (Å²) in [7, 11) is 0. The first-order valence-electron chi connectivity index (χ1n) is 8.46. The van der Waals surface area contributed by atoms with Crippen molar-refractivity contribution < 1.29 is 10.2 Å². The zero-order chi connectivity index (χ0) is 18.6. The number of aliphatic hydroxyl groups is 2. The van der Waals surface area contributed by atoms with Crippen molar-refractivity contribution in [2.45, 2.75) is 19.8 Å². The van der Waals surface area contributed by atoms with Crippen LogP contribution in [0.15, 0.2) is 54.9 Å². The molecule has 0 radical (unpaired) electrons. The van der Waals surface area contributed by atoms with E-state index in [2.05, 4.69) is 25.3 Å². The molecule has 4 rings (SSSR count).